The number of nitrogens with zero attached hydrogens (tertiary/aromatic N) is 1. The molecular weight excluding hydrogens is 466 g/mol. The lowest BCUT2D eigenvalue weighted by atomic mass is 9.93. The van der Waals surface area contributed by atoms with Crippen LogP contribution < -0.4 is 9.47 Å². The summed E-state index contributed by atoms with van der Waals surface area (Å²) in [7, 11) is 0. The summed E-state index contributed by atoms with van der Waals surface area (Å²) < 4.78 is 12.9. The van der Waals surface area contributed by atoms with Crippen LogP contribution in [0, 0.1) is 0 Å². The van der Waals surface area contributed by atoms with E-state index in [2.05, 4.69) is 34.1 Å². The molecule has 166 valence electrons. The van der Waals surface area contributed by atoms with Crippen molar-refractivity contribution in [3.63, 3.8) is 0 Å². The Morgan fingerprint density at radius 1 is 0.969 bits per heavy atom. The molecule has 0 saturated heterocycles. The van der Waals surface area contributed by atoms with Gasteiger partial charge in [0.2, 0.25) is 0 Å². The maximum Gasteiger partial charge on any atom is 0.254 e. The second-order valence-corrected chi connectivity index (χ2v) is 9.98. The lowest BCUT2D eigenvalue weighted by Gasteiger charge is -2.37. The Hall–Kier alpha value is -2.79. The second kappa shape index (κ2) is 9.37. The minimum absolute atomic E-state index is 0.0170. The molecule has 0 bridgehead atoms. The highest BCUT2D eigenvalue weighted by molar-refractivity contribution is 9.10. The van der Waals surface area contributed by atoms with E-state index in [0.717, 1.165) is 22.4 Å². The summed E-state index contributed by atoms with van der Waals surface area (Å²) in [6.45, 7) is 7.07. The van der Waals surface area contributed by atoms with E-state index in [-0.39, 0.29) is 17.6 Å². The minimum Gasteiger partial charge on any atom is -0.491 e. The summed E-state index contributed by atoms with van der Waals surface area (Å²) in [5, 5.41) is 0. The molecule has 5 heteroatoms. The number of carbonyl (C=O) groups is 1. The van der Waals surface area contributed by atoms with E-state index in [1.54, 1.807) is 0 Å². The van der Waals surface area contributed by atoms with Gasteiger partial charge in [0.15, 0.2) is 0 Å². The van der Waals surface area contributed by atoms with Crippen LogP contribution in [0.15, 0.2) is 77.3 Å². The van der Waals surface area contributed by atoms with E-state index >= 15 is 0 Å². The number of ether oxygens (including phenoxy) is 2. The number of hydrogen-bond acceptors (Lipinski definition) is 3. The van der Waals surface area contributed by atoms with Crippen molar-refractivity contribution in [2.45, 2.75) is 45.4 Å². The summed E-state index contributed by atoms with van der Waals surface area (Å²) in [6, 6.07) is 23.5. The highest BCUT2D eigenvalue weighted by atomic mass is 79.9. The molecule has 4 rings (SSSR count). The van der Waals surface area contributed by atoms with Crippen LogP contribution in [-0.4, -0.2) is 29.1 Å². The molecule has 1 aliphatic heterocycles. The van der Waals surface area contributed by atoms with Crippen LogP contribution in [0.5, 0.6) is 11.5 Å². The van der Waals surface area contributed by atoms with Gasteiger partial charge >= 0.3 is 0 Å². The summed E-state index contributed by atoms with van der Waals surface area (Å²) in [6.07, 6.45) is 0.765. The lowest BCUT2D eigenvalue weighted by molar-refractivity contribution is 0.0566. The molecule has 0 radical (unpaired) electrons. The molecule has 1 aliphatic rings. The van der Waals surface area contributed by atoms with Crippen LogP contribution in [0.1, 0.15) is 42.3 Å². The lowest BCUT2D eigenvalue weighted by Crippen LogP contribution is -2.47. The molecular formula is C27H28BrNO3. The Morgan fingerprint density at radius 3 is 2.34 bits per heavy atom. The predicted octanol–water partition coefficient (Wildman–Crippen LogP) is 6.27. The molecule has 4 nitrogen and oxygen atoms in total. The molecule has 3 aromatic carbocycles. The van der Waals surface area contributed by atoms with Crippen molar-refractivity contribution in [3.8, 4) is 11.5 Å². The molecule has 1 amide bonds. The number of fused-ring (bicyclic) bond motifs is 1. The van der Waals surface area contributed by atoms with Crippen molar-refractivity contribution in [2.24, 2.45) is 0 Å². The number of benzene rings is 3. The van der Waals surface area contributed by atoms with E-state index in [9.17, 15) is 4.79 Å². The average molecular weight is 494 g/mol. The van der Waals surface area contributed by atoms with E-state index in [1.807, 2.05) is 80.3 Å². The fraction of sp³-hybridized carbons (Fsp3) is 0.296. The molecule has 0 aromatic heterocycles. The van der Waals surface area contributed by atoms with Gasteiger partial charge in [-0.05, 0) is 80.8 Å². The van der Waals surface area contributed by atoms with Crippen molar-refractivity contribution in [1.82, 2.24) is 4.90 Å². The van der Waals surface area contributed by atoms with Crippen molar-refractivity contribution in [3.05, 3.63) is 94.0 Å². The van der Waals surface area contributed by atoms with Gasteiger partial charge in [0.25, 0.3) is 5.91 Å². The summed E-state index contributed by atoms with van der Waals surface area (Å²) in [5.41, 5.74) is 2.89. The number of hydrogen-bond donors (Lipinski definition) is 0. The van der Waals surface area contributed by atoms with Crippen molar-refractivity contribution < 1.29 is 14.3 Å². The number of amides is 1. The Kier molecular flexibility index (Phi) is 6.56. The molecule has 0 unspecified atom stereocenters. The maximum absolute atomic E-state index is 13.4. The highest BCUT2D eigenvalue weighted by Crippen LogP contribution is 2.27. The van der Waals surface area contributed by atoms with Crippen LogP contribution in [0.3, 0.4) is 0 Å². The van der Waals surface area contributed by atoms with Crippen LogP contribution >= 0.6 is 15.9 Å². The Bertz CT molecular complexity index is 1090. The minimum atomic E-state index is -0.245. The third-order valence-corrected chi connectivity index (χ3v) is 5.87. The van der Waals surface area contributed by atoms with Gasteiger partial charge in [0, 0.05) is 16.6 Å². The standard InChI is InChI=1S/C27H28BrNO3/c1-27(2,3)32-25-13-11-24(12-14-25)31-18-23-16-19-7-4-5-8-21(19)17-29(23)26(30)20-9-6-10-22(28)15-20/h4-15,23H,16-18H2,1-3H3/t23-/m0/s1. The Labute approximate surface area is 198 Å². The van der Waals surface area contributed by atoms with Crippen LogP contribution in [0.2, 0.25) is 0 Å². The van der Waals surface area contributed by atoms with Gasteiger partial charge in [-0.15, -0.1) is 0 Å². The van der Waals surface area contributed by atoms with Crippen molar-refractivity contribution in [1.29, 1.82) is 0 Å². The number of carbonyl (C=O) groups excluding carboxylic acids is 1. The number of rotatable bonds is 5. The highest BCUT2D eigenvalue weighted by Gasteiger charge is 2.31. The Balaban J connectivity index is 1.51. The van der Waals surface area contributed by atoms with E-state index in [1.165, 1.54) is 11.1 Å². The zero-order valence-electron chi connectivity index (χ0n) is 18.7. The maximum atomic E-state index is 13.4. The van der Waals surface area contributed by atoms with Crippen molar-refractivity contribution >= 4 is 21.8 Å². The topological polar surface area (TPSA) is 38.8 Å². The van der Waals surface area contributed by atoms with E-state index < -0.39 is 0 Å². The third kappa shape index (κ3) is 5.52. The smallest absolute Gasteiger partial charge is 0.254 e. The van der Waals surface area contributed by atoms with E-state index in [4.69, 9.17) is 9.47 Å². The first-order valence-corrected chi connectivity index (χ1v) is 11.6. The largest absolute Gasteiger partial charge is 0.491 e. The quantitative estimate of drug-likeness (QED) is 0.420. The fourth-order valence-corrected chi connectivity index (χ4v) is 4.31. The molecule has 0 spiro atoms. The predicted molar refractivity (Wildman–Crippen MR) is 130 cm³/mol. The van der Waals surface area contributed by atoms with Crippen LogP contribution in [0.4, 0.5) is 0 Å². The van der Waals surface area contributed by atoms with Crippen LogP contribution in [0.25, 0.3) is 0 Å². The van der Waals surface area contributed by atoms with Gasteiger partial charge in [-0.2, -0.15) is 0 Å². The molecule has 0 fully saturated rings. The average Bonchev–Trinajstić information content (AvgIpc) is 2.76. The summed E-state index contributed by atoms with van der Waals surface area (Å²) in [5.74, 6) is 1.59. The molecule has 3 aromatic rings. The van der Waals surface area contributed by atoms with E-state index in [0.29, 0.717) is 18.7 Å². The summed E-state index contributed by atoms with van der Waals surface area (Å²) >= 11 is 3.47. The van der Waals surface area contributed by atoms with Crippen molar-refractivity contribution in [2.75, 3.05) is 6.61 Å². The molecule has 32 heavy (non-hydrogen) atoms. The first-order chi connectivity index (χ1) is 15.3. The Morgan fingerprint density at radius 2 is 1.66 bits per heavy atom. The molecule has 0 saturated carbocycles. The SMILES string of the molecule is CC(C)(C)Oc1ccc(OC[C@@H]2Cc3ccccc3CN2C(=O)c2cccc(Br)c2)cc1. The molecule has 1 atom stereocenters. The molecule has 1 heterocycles. The zero-order valence-corrected chi connectivity index (χ0v) is 20.3. The number of halogens is 1. The van der Waals surface area contributed by atoms with Gasteiger partial charge in [-0.3, -0.25) is 4.79 Å². The van der Waals surface area contributed by atoms with Gasteiger partial charge < -0.3 is 14.4 Å². The normalized spacial score (nSPS) is 15.8. The second-order valence-electron chi connectivity index (χ2n) is 9.07. The summed E-state index contributed by atoms with van der Waals surface area (Å²) in [4.78, 5) is 15.3. The zero-order chi connectivity index (χ0) is 22.7. The van der Waals surface area contributed by atoms with Gasteiger partial charge in [0.1, 0.15) is 23.7 Å². The third-order valence-electron chi connectivity index (χ3n) is 5.38. The first kappa shape index (κ1) is 22.4. The fourth-order valence-electron chi connectivity index (χ4n) is 3.91. The first-order valence-electron chi connectivity index (χ1n) is 10.8. The molecule has 0 aliphatic carbocycles. The monoisotopic (exact) mass is 493 g/mol. The van der Waals surface area contributed by atoms with Crippen LogP contribution in [-0.2, 0) is 13.0 Å². The van der Waals surface area contributed by atoms with Gasteiger partial charge in [-0.25, -0.2) is 0 Å². The molecule has 0 N–H and O–H groups in total. The van der Waals surface area contributed by atoms with Gasteiger partial charge in [0.05, 0.1) is 6.04 Å². The van der Waals surface area contributed by atoms with Gasteiger partial charge in [-0.1, -0.05) is 46.3 Å².